The highest BCUT2D eigenvalue weighted by Crippen LogP contribution is 2.20. The molecule has 1 saturated heterocycles. The Hall–Kier alpha value is -1.52. The van der Waals surface area contributed by atoms with E-state index in [0.717, 1.165) is 0 Å². The van der Waals surface area contributed by atoms with Gasteiger partial charge >= 0.3 is 12.1 Å². The lowest BCUT2D eigenvalue weighted by molar-refractivity contribution is -0.146. The number of nitrogens with zero attached hydrogens (tertiary/aromatic N) is 1. The summed E-state index contributed by atoms with van der Waals surface area (Å²) in [5.41, 5.74) is 0.369. The zero-order valence-electron chi connectivity index (χ0n) is 9.60. The fraction of sp³-hybridized carbons (Fsp3) is 0.636. The van der Waals surface area contributed by atoms with Crippen molar-refractivity contribution in [3.8, 4) is 0 Å². The number of carbonyl (C=O) groups excluding carboxylic acids is 1. The molecule has 0 aromatic rings. The van der Waals surface area contributed by atoms with Crippen molar-refractivity contribution in [1.82, 2.24) is 4.90 Å². The Morgan fingerprint density at radius 1 is 1.50 bits per heavy atom. The number of carbonyl (C=O) groups is 2. The molecule has 1 aliphatic heterocycles. The molecular formula is C11H17NO4. The quantitative estimate of drug-likeness (QED) is 0.575. The number of likely N-dealkylation sites (tertiary alicyclic amines) is 1. The Bertz CT molecular complexity index is 313. The SMILES string of the molecule is C=C(C)C(=O)OC1CCN(C(=O)O)C(C)C1. The highest BCUT2D eigenvalue weighted by atomic mass is 16.5. The van der Waals surface area contributed by atoms with Crippen molar-refractivity contribution < 1.29 is 19.4 Å². The molecule has 1 N–H and O–H groups in total. The molecule has 0 spiro atoms. The molecule has 2 unspecified atom stereocenters. The first kappa shape index (κ1) is 12.5. The maximum Gasteiger partial charge on any atom is 0.407 e. The first-order chi connectivity index (χ1) is 7.41. The average molecular weight is 227 g/mol. The lowest BCUT2D eigenvalue weighted by atomic mass is 10.0. The normalized spacial score (nSPS) is 25.0. The number of amides is 1. The minimum Gasteiger partial charge on any atom is -0.465 e. The van der Waals surface area contributed by atoms with Crippen molar-refractivity contribution in [2.24, 2.45) is 0 Å². The van der Waals surface area contributed by atoms with Crippen LogP contribution in [0.1, 0.15) is 26.7 Å². The second-order valence-corrected chi connectivity index (χ2v) is 4.16. The van der Waals surface area contributed by atoms with E-state index in [1.807, 2.05) is 6.92 Å². The lowest BCUT2D eigenvalue weighted by Crippen LogP contribution is -2.46. The van der Waals surface area contributed by atoms with E-state index in [4.69, 9.17) is 9.84 Å². The number of piperidine rings is 1. The van der Waals surface area contributed by atoms with Crippen molar-refractivity contribution in [2.75, 3.05) is 6.54 Å². The van der Waals surface area contributed by atoms with Crippen molar-refractivity contribution >= 4 is 12.1 Å². The summed E-state index contributed by atoms with van der Waals surface area (Å²) in [6, 6.07) is -0.117. The van der Waals surface area contributed by atoms with E-state index in [1.54, 1.807) is 6.92 Å². The van der Waals surface area contributed by atoms with E-state index in [1.165, 1.54) is 4.90 Å². The monoisotopic (exact) mass is 227 g/mol. The van der Waals surface area contributed by atoms with Gasteiger partial charge in [0.05, 0.1) is 0 Å². The van der Waals surface area contributed by atoms with Gasteiger partial charge in [0.25, 0.3) is 0 Å². The van der Waals surface area contributed by atoms with E-state index < -0.39 is 12.1 Å². The van der Waals surface area contributed by atoms with Crippen molar-refractivity contribution in [2.45, 2.75) is 38.8 Å². The Morgan fingerprint density at radius 3 is 2.56 bits per heavy atom. The molecule has 1 fully saturated rings. The molecule has 1 amide bonds. The predicted octanol–water partition coefficient (Wildman–Crippen LogP) is 1.64. The molecule has 0 aromatic carbocycles. The third-order valence-electron chi connectivity index (χ3n) is 2.70. The Morgan fingerprint density at radius 2 is 2.12 bits per heavy atom. The van der Waals surface area contributed by atoms with Gasteiger partial charge in [-0.3, -0.25) is 0 Å². The number of ether oxygens (including phenoxy) is 1. The maximum atomic E-state index is 11.3. The van der Waals surface area contributed by atoms with Gasteiger partial charge in [-0.15, -0.1) is 0 Å². The molecule has 16 heavy (non-hydrogen) atoms. The van der Waals surface area contributed by atoms with Gasteiger partial charge in [-0.1, -0.05) is 6.58 Å². The second-order valence-electron chi connectivity index (χ2n) is 4.16. The second kappa shape index (κ2) is 5.01. The number of hydrogen-bond donors (Lipinski definition) is 1. The highest BCUT2D eigenvalue weighted by molar-refractivity contribution is 5.87. The maximum absolute atomic E-state index is 11.3. The van der Waals surface area contributed by atoms with Crippen molar-refractivity contribution in [3.63, 3.8) is 0 Å². The van der Waals surface area contributed by atoms with Gasteiger partial charge < -0.3 is 14.7 Å². The zero-order valence-corrected chi connectivity index (χ0v) is 9.60. The van der Waals surface area contributed by atoms with Crippen LogP contribution < -0.4 is 0 Å². The van der Waals surface area contributed by atoms with Crippen molar-refractivity contribution in [3.05, 3.63) is 12.2 Å². The Labute approximate surface area is 94.7 Å². The Kier molecular flexibility index (Phi) is 3.93. The standard InChI is InChI=1S/C11H17NO4/c1-7(2)10(13)16-9-4-5-12(11(14)15)8(3)6-9/h8-9H,1,4-6H2,2-3H3,(H,14,15). The van der Waals surface area contributed by atoms with Crippen LogP contribution in [0.15, 0.2) is 12.2 Å². The molecule has 0 aromatic heterocycles. The van der Waals surface area contributed by atoms with Gasteiger partial charge in [0.2, 0.25) is 0 Å². The minimum absolute atomic E-state index is 0.117. The summed E-state index contributed by atoms with van der Waals surface area (Å²) >= 11 is 0. The molecule has 5 heteroatoms. The first-order valence-electron chi connectivity index (χ1n) is 5.28. The van der Waals surface area contributed by atoms with Gasteiger partial charge in [-0.2, -0.15) is 0 Å². The summed E-state index contributed by atoms with van der Waals surface area (Å²) in [6.07, 6.45) is -0.0203. The lowest BCUT2D eigenvalue weighted by Gasteiger charge is -2.35. The number of hydrogen-bond acceptors (Lipinski definition) is 3. The summed E-state index contributed by atoms with van der Waals surface area (Å²) in [6.45, 7) is 7.32. The van der Waals surface area contributed by atoms with E-state index in [-0.39, 0.29) is 12.1 Å². The Balaban J connectivity index is 2.49. The largest absolute Gasteiger partial charge is 0.465 e. The average Bonchev–Trinajstić information content (AvgIpc) is 2.16. The minimum atomic E-state index is -0.919. The summed E-state index contributed by atoms with van der Waals surface area (Å²) in [4.78, 5) is 23.5. The van der Waals surface area contributed by atoms with Gasteiger partial charge in [0.1, 0.15) is 6.10 Å². The molecule has 0 bridgehead atoms. The molecule has 5 nitrogen and oxygen atoms in total. The molecule has 2 atom stereocenters. The third kappa shape index (κ3) is 2.98. The molecule has 0 radical (unpaired) electrons. The molecule has 1 aliphatic rings. The molecule has 0 saturated carbocycles. The third-order valence-corrected chi connectivity index (χ3v) is 2.70. The number of rotatable bonds is 2. The van der Waals surface area contributed by atoms with Crippen molar-refractivity contribution in [1.29, 1.82) is 0 Å². The van der Waals surface area contributed by atoms with Crippen LogP contribution in [0, 0.1) is 0 Å². The summed E-state index contributed by atoms with van der Waals surface area (Å²) < 4.78 is 5.19. The summed E-state index contributed by atoms with van der Waals surface area (Å²) in [5.74, 6) is -0.402. The number of esters is 1. The van der Waals surface area contributed by atoms with Crippen LogP contribution in [0.25, 0.3) is 0 Å². The molecule has 1 rings (SSSR count). The van der Waals surface area contributed by atoms with E-state index in [2.05, 4.69) is 6.58 Å². The smallest absolute Gasteiger partial charge is 0.407 e. The van der Waals surface area contributed by atoms with Crippen LogP contribution in [0.4, 0.5) is 4.79 Å². The fourth-order valence-corrected chi connectivity index (χ4v) is 1.77. The van der Waals surface area contributed by atoms with Gasteiger partial charge in [-0.25, -0.2) is 9.59 Å². The molecule has 1 heterocycles. The molecule has 90 valence electrons. The summed E-state index contributed by atoms with van der Waals surface area (Å²) in [5, 5.41) is 8.87. The van der Waals surface area contributed by atoms with Crippen LogP contribution in [0.2, 0.25) is 0 Å². The van der Waals surface area contributed by atoms with E-state index in [0.29, 0.717) is 25.0 Å². The van der Waals surface area contributed by atoms with Crippen LogP contribution in [-0.4, -0.2) is 40.8 Å². The fourth-order valence-electron chi connectivity index (χ4n) is 1.77. The van der Waals surface area contributed by atoms with E-state index >= 15 is 0 Å². The zero-order chi connectivity index (χ0) is 12.3. The molecular weight excluding hydrogens is 210 g/mol. The van der Waals surface area contributed by atoms with Crippen LogP contribution in [0.5, 0.6) is 0 Å². The predicted molar refractivity (Wildman–Crippen MR) is 58.1 cm³/mol. The van der Waals surface area contributed by atoms with Gasteiger partial charge in [0.15, 0.2) is 0 Å². The van der Waals surface area contributed by atoms with Gasteiger partial charge in [0, 0.05) is 31.0 Å². The summed E-state index contributed by atoms with van der Waals surface area (Å²) in [7, 11) is 0. The highest BCUT2D eigenvalue weighted by Gasteiger charge is 2.30. The van der Waals surface area contributed by atoms with Crippen LogP contribution in [-0.2, 0) is 9.53 Å². The van der Waals surface area contributed by atoms with Crippen LogP contribution >= 0.6 is 0 Å². The van der Waals surface area contributed by atoms with E-state index in [9.17, 15) is 9.59 Å². The number of carboxylic acid groups (broad SMARTS) is 1. The van der Waals surface area contributed by atoms with Crippen LogP contribution in [0.3, 0.4) is 0 Å². The molecule has 0 aliphatic carbocycles. The first-order valence-corrected chi connectivity index (χ1v) is 5.28. The topological polar surface area (TPSA) is 66.8 Å². The van der Waals surface area contributed by atoms with Gasteiger partial charge in [-0.05, 0) is 13.8 Å².